The van der Waals surface area contributed by atoms with E-state index in [0.717, 1.165) is 22.5 Å². The van der Waals surface area contributed by atoms with E-state index in [9.17, 15) is 5.26 Å². The third-order valence-electron chi connectivity index (χ3n) is 4.24. The van der Waals surface area contributed by atoms with Gasteiger partial charge in [0.05, 0.1) is 29.8 Å². The molecule has 2 aromatic carbocycles. The quantitative estimate of drug-likeness (QED) is 0.549. The number of ether oxygens (including phenoxy) is 1. The molecule has 1 aliphatic rings. The molecule has 128 valence electrons. The van der Waals surface area contributed by atoms with Gasteiger partial charge in [0, 0.05) is 22.2 Å². The highest BCUT2D eigenvalue weighted by Gasteiger charge is 2.24. The van der Waals surface area contributed by atoms with Crippen molar-refractivity contribution in [2.45, 2.75) is 6.92 Å². The fraction of sp³-hybridized carbons (Fsp3) is 0.105. The maximum absolute atomic E-state index is 9.48. The molecule has 7 heteroatoms. The number of aliphatic imine (C=N–C) groups is 1. The van der Waals surface area contributed by atoms with Crippen molar-refractivity contribution >= 4 is 34.5 Å². The second-order valence-corrected chi connectivity index (χ2v) is 6.23. The normalized spacial score (nSPS) is 12.2. The average Bonchev–Trinajstić information content (AvgIpc) is 2.91. The molecule has 2 N–H and O–H groups in total. The zero-order valence-corrected chi connectivity index (χ0v) is 14.8. The number of hydrogen-bond acceptors (Lipinski definition) is 5. The summed E-state index contributed by atoms with van der Waals surface area (Å²) in [5.41, 5.74) is 4.90. The number of nitriles is 1. The number of methoxy groups -OCH3 is 1. The molecule has 3 aromatic rings. The first-order valence-corrected chi connectivity index (χ1v) is 8.28. The minimum absolute atomic E-state index is 0.422. The van der Waals surface area contributed by atoms with Crippen molar-refractivity contribution in [1.82, 2.24) is 10.2 Å². The van der Waals surface area contributed by atoms with E-state index >= 15 is 0 Å². The van der Waals surface area contributed by atoms with Gasteiger partial charge >= 0.3 is 0 Å². The highest BCUT2D eigenvalue weighted by atomic mass is 35.5. The van der Waals surface area contributed by atoms with Crippen LogP contribution in [0.5, 0.6) is 5.75 Å². The van der Waals surface area contributed by atoms with Crippen LogP contribution in [0.2, 0.25) is 5.02 Å². The minimum Gasteiger partial charge on any atom is -0.495 e. The van der Waals surface area contributed by atoms with Crippen LogP contribution in [-0.2, 0) is 0 Å². The van der Waals surface area contributed by atoms with Crippen LogP contribution < -0.4 is 10.1 Å². The molecule has 1 aliphatic heterocycles. The third-order valence-corrected chi connectivity index (χ3v) is 4.57. The predicted octanol–water partition coefficient (Wildman–Crippen LogP) is 4.48. The lowest BCUT2D eigenvalue weighted by molar-refractivity contribution is 0.413. The number of aryl methyl sites for hydroxylation is 1. The van der Waals surface area contributed by atoms with Crippen LogP contribution in [0.25, 0.3) is 0 Å². The predicted molar refractivity (Wildman–Crippen MR) is 101 cm³/mol. The van der Waals surface area contributed by atoms with Gasteiger partial charge in [0.25, 0.3) is 0 Å². The van der Waals surface area contributed by atoms with Gasteiger partial charge in [-0.05, 0) is 19.1 Å². The van der Waals surface area contributed by atoms with Gasteiger partial charge in [-0.15, -0.1) is 0 Å². The number of fused-ring (bicyclic) bond motifs is 2. The molecular formula is C19H14ClN5O. The Labute approximate surface area is 155 Å². The number of halogens is 1. The molecule has 0 fully saturated rings. The Morgan fingerprint density at radius 2 is 2.00 bits per heavy atom. The highest BCUT2D eigenvalue weighted by molar-refractivity contribution is 6.36. The second kappa shape index (κ2) is 6.21. The number of hydrogen-bond donors (Lipinski definition) is 2. The molecule has 0 aliphatic carbocycles. The molecule has 0 spiro atoms. The monoisotopic (exact) mass is 363 g/mol. The summed E-state index contributed by atoms with van der Waals surface area (Å²) < 4.78 is 5.34. The highest BCUT2D eigenvalue weighted by Crippen LogP contribution is 2.39. The molecule has 2 heterocycles. The standard InChI is InChI=1S/C19H14ClN5O/c1-10-17-19(25-24-10)22-15-8-16(26-2)11(9-21)7-13(15)18(23-17)12-5-3-4-6-14(12)20/h3-8H,1-2H3,(H2,22,24,25). The number of rotatable bonds is 2. The summed E-state index contributed by atoms with van der Waals surface area (Å²) in [5, 5.41) is 20.6. The number of benzene rings is 2. The summed E-state index contributed by atoms with van der Waals surface area (Å²) in [7, 11) is 1.53. The Balaban J connectivity index is 2.06. The number of anilines is 2. The van der Waals surface area contributed by atoms with Gasteiger partial charge in [-0.3, -0.25) is 5.10 Å². The Morgan fingerprint density at radius 1 is 1.19 bits per heavy atom. The van der Waals surface area contributed by atoms with Crippen LogP contribution in [0, 0.1) is 18.3 Å². The molecule has 0 atom stereocenters. The van der Waals surface area contributed by atoms with Crippen LogP contribution >= 0.6 is 11.6 Å². The number of H-pyrrole nitrogens is 1. The lowest BCUT2D eigenvalue weighted by Crippen LogP contribution is -2.07. The van der Waals surface area contributed by atoms with Crippen LogP contribution in [-0.4, -0.2) is 23.0 Å². The first-order valence-electron chi connectivity index (χ1n) is 7.90. The molecule has 6 nitrogen and oxygen atoms in total. The molecule has 0 saturated carbocycles. The van der Waals surface area contributed by atoms with Gasteiger partial charge in [0.1, 0.15) is 17.5 Å². The Bertz CT molecular complexity index is 1090. The van der Waals surface area contributed by atoms with Gasteiger partial charge in [0.2, 0.25) is 0 Å². The molecule has 26 heavy (non-hydrogen) atoms. The van der Waals surface area contributed by atoms with Gasteiger partial charge in [-0.2, -0.15) is 10.4 Å². The number of nitrogens with zero attached hydrogens (tertiary/aromatic N) is 3. The van der Waals surface area contributed by atoms with E-state index < -0.39 is 0 Å². The largest absolute Gasteiger partial charge is 0.495 e. The van der Waals surface area contributed by atoms with E-state index in [2.05, 4.69) is 21.6 Å². The van der Waals surface area contributed by atoms with Gasteiger partial charge in [-0.1, -0.05) is 29.8 Å². The van der Waals surface area contributed by atoms with Crippen molar-refractivity contribution in [2.24, 2.45) is 4.99 Å². The van der Waals surface area contributed by atoms with Crippen molar-refractivity contribution in [3.05, 3.63) is 63.8 Å². The molecule has 0 saturated heterocycles. The molecule has 0 unspecified atom stereocenters. The molecule has 0 radical (unpaired) electrons. The fourth-order valence-corrected chi connectivity index (χ4v) is 3.17. The van der Waals surface area contributed by atoms with Crippen LogP contribution in [0.15, 0.2) is 41.4 Å². The average molecular weight is 364 g/mol. The summed E-state index contributed by atoms with van der Waals surface area (Å²) in [6, 6.07) is 13.2. The molecule has 0 amide bonds. The Kier molecular flexibility index (Phi) is 3.86. The minimum atomic E-state index is 0.422. The first kappa shape index (κ1) is 16.2. The summed E-state index contributed by atoms with van der Waals surface area (Å²) >= 11 is 6.44. The van der Waals surface area contributed by atoms with Crippen molar-refractivity contribution in [2.75, 3.05) is 12.4 Å². The van der Waals surface area contributed by atoms with Crippen LogP contribution in [0.3, 0.4) is 0 Å². The second-order valence-electron chi connectivity index (χ2n) is 5.82. The molecule has 0 bridgehead atoms. The fourth-order valence-electron chi connectivity index (χ4n) is 2.94. The summed E-state index contributed by atoms with van der Waals surface area (Å²) in [6.45, 7) is 1.90. The van der Waals surface area contributed by atoms with Crippen LogP contribution in [0.1, 0.15) is 22.4 Å². The maximum atomic E-state index is 9.48. The maximum Gasteiger partial charge on any atom is 0.178 e. The number of aromatic nitrogens is 2. The van der Waals surface area contributed by atoms with E-state index in [1.807, 2.05) is 31.2 Å². The topological polar surface area (TPSA) is 86.1 Å². The first-order chi connectivity index (χ1) is 12.6. The summed E-state index contributed by atoms with van der Waals surface area (Å²) in [5.74, 6) is 1.09. The van der Waals surface area contributed by atoms with E-state index in [-0.39, 0.29) is 0 Å². The Hall–Kier alpha value is -3.30. The third kappa shape index (κ3) is 2.50. The van der Waals surface area contributed by atoms with E-state index in [0.29, 0.717) is 33.6 Å². The van der Waals surface area contributed by atoms with Crippen molar-refractivity contribution < 1.29 is 4.74 Å². The number of aromatic amines is 1. The van der Waals surface area contributed by atoms with Gasteiger partial charge in [-0.25, -0.2) is 4.99 Å². The Morgan fingerprint density at radius 3 is 2.73 bits per heavy atom. The van der Waals surface area contributed by atoms with Gasteiger partial charge in [0.15, 0.2) is 5.82 Å². The van der Waals surface area contributed by atoms with E-state index in [1.54, 1.807) is 12.1 Å². The molecule has 4 rings (SSSR count). The zero-order chi connectivity index (χ0) is 18.3. The lowest BCUT2D eigenvalue weighted by Gasteiger charge is -2.14. The smallest absolute Gasteiger partial charge is 0.178 e. The van der Waals surface area contributed by atoms with E-state index in [4.69, 9.17) is 21.3 Å². The molecular weight excluding hydrogens is 350 g/mol. The number of nitrogens with one attached hydrogen (secondary N) is 2. The van der Waals surface area contributed by atoms with E-state index in [1.165, 1.54) is 7.11 Å². The molecule has 1 aromatic heterocycles. The van der Waals surface area contributed by atoms with Gasteiger partial charge < -0.3 is 10.1 Å². The van der Waals surface area contributed by atoms with Crippen molar-refractivity contribution in [3.63, 3.8) is 0 Å². The van der Waals surface area contributed by atoms with Crippen molar-refractivity contribution in [1.29, 1.82) is 5.26 Å². The summed E-state index contributed by atoms with van der Waals surface area (Å²) in [6.07, 6.45) is 0. The zero-order valence-electron chi connectivity index (χ0n) is 14.1. The lowest BCUT2D eigenvalue weighted by atomic mass is 9.98. The SMILES string of the molecule is COc1cc2c(cc1C#N)C(c1ccccc1Cl)=Nc1c(n[nH]c1C)N2. The van der Waals surface area contributed by atoms with Crippen LogP contribution in [0.4, 0.5) is 17.2 Å². The summed E-state index contributed by atoms with van der Waals surface area (Å²) in [4.78, 5) is 4.83. The van der Waals surface area contributed by atoms with Crippen molar-refractivity contribution in [3.8, 4) is 11.8 Å².